The first-order valence-electron chi connectivity index (χ1n) is 9.26. The highest BCUT2D eigenvalue weighted by atomic mass is 16.7. The van der Waals surface area contributed by atoms with Crippen LogP contribution in [0.1, 0.15) is 44.5 Å². The third-order valence-corrected chi connectivity index (χ3v) is 5.66. The summed E-state index contributed by atoms with van der Waals surface area (Å²) in [6.07, 6.45) is 0.812. The molecule has 1 aromatic carbocycles. The first-order chi connectivity index (χ1) is 12.6. The van der Waals surface area contributed by atoms with Crippen molar-refractivity contribution in [3.63, 3.8) is 0 Å². The summed E-state index contributed by atoms with van der Waals surface area (Å²) in [5.74, 6) is -0.234. The van der Waals surface area contributed by atoms with Gasteiger partial charge < -0.3 is 24.7 Å². The van der Waals surface area contributed by atoms with E-state index in [1.807, 2.05) is 27.7 Å². The van der Waals surface area contributed by atoms with Crippen molar-refractivity contribution in [2.75, 3.05) is 19.7 Å². The second-order valence-electron chi connectivity index (χ2n) is 8.18. The molecule has 2 aliphatic rings. The smallest absolute Gasteiger partial charge is 0.463 e. The van der Waals surface area contributed by atoms with E-state index in [0.29, 0.717) is 24.4 Å². The lowest BCUT2D eigenvalue weighted by molar-refractivity contribution is -0.119. The molecule has 0 spiro atoms. The highest BCUT2D eigenvalue weighted by molar-refractivity contribution is 6.47. The third-order valence-electron chi connectivity index (χ3n) is 5.66. The van der Waals surface area contributed by atoms with Crippen molar-refractivity contribution in [1.29, 1.82) is 0 Å². The Morgan fingerprint density at radius 2 is 1.85 bits per heavy atom. The topological polar surface area (TPSA) is 91.1 Å². The van der Waals surface area contributed by atoms with Crippen molar-refractivity contribution in [2.24, 2.45) is 5.73 Å². The van der Waals surface area contributed by atoms with Crippen molar-refractivity contribution < 1.29 is 23.6 Å². The summed E-state index contributed by atoms with van der Waals surface area (Å²) in [6.45, 7) is 9.02. The van der Waals surface area contributed by atoms with Crippen LogP contribution in [0.3, 0.4) is 0 Å². The van der Waals surface area contributed by atoms with Gasteiger partial charge in [0.1, 0.15) is 5.75 Å². The van der Waals surface area contributed by atoms with Gasteiger partial charge in [0.2, 0.25) is 0 Å². The number of primary amides is 1. The molecule has 0 aliphatic carbocycles. The first-order valence-corrected chi connectivity index (χ1v) is 9.26. The minimum Gasteiger partial charge on any atom is -0.483 e. The molecular weight excluding hydrogens is 347 g/mol. The molecule has 146 valence electrons. The van der Waals surface area contributed by atoms with Gasteiger partial charge >= 0.3 is 7.12 Å². The Bertz CT molecular complexity index is 721. The molecule has 1 unspecified atom stereocenters. The zero-order chi connectivity index (χ0) is 19.8. The zero-order valence-electron chi connectivity index (χ0n) is 16.4. The molecule has 27 heavy (non-hydrogen) atoms. The Balaban J connectivity index is 1.68. The second kappa shape index (κ2) is 7.17. The van der Waals surface area contributed by atoms with Gasteiger partial charge in [-0.1, -0.05) is 12.1 Å². The number of ether oxygens (including phenoxy) is 1. The number of hydrogen-bond donors (Lipinski definition) is 1. The highest BCUT2D eigenvalue weighted by Crippen LogP contribution is 2.42. The Labute approximate surface area is 160 Å². The van der Waals surface area contributed by atoms with E-state index in [9.17, 15) is 9.59 Å². The summed E-state index contributed by atoms with van der Waals surface area (Å²) in [6, 6.07) is 6.88. The van der Waals surface area contributed by atoms with Crippen LogP contribution in [0.25, 0.3) is 0 Å². The number of para-hydroxylation sites is 1. The number of nitrogens with two attached hydrogens (primary N) is 1. The van der Waals surface area contributed by atoms with E-state index in [0.717, 1.165) is 6.42 Å². The SMILES string of the molecule is CC1(C)OB(C2CCN(C(=O)c3ccccc3OCC(N)=O)C2)OC1(C)C. The molecule has 0 saturated carbocycles. The molecule has 2 saturated heterocycles. The standard InChI is InChI=1S/C19H27BN2O5/c1-18(2)19(3,4)27-20(26-18)13-9-10-22(11-13)17(24)14-7-5-6-8-15(14)25-12-16(21)23/h5-8,13H,9-12H2,1-4H3,(H2,21,23). The molecule has 0 radical (unpaired) electrons. The number of rotatable bonds is 5. The van der Waals surface area contributed by atoms with Gasteiger partial charge in [-0.05, 0) is 46.2 Å². The molecule has 0 aromatic heterocycles. The van der Waals surface area contributed by atoms with Crippen LogP contribution in [0.15, 0.2) is 24.3 Å². The summed E-state index contributed by atoms with van der Waals surface area (Å²) in [5, 5.41) is 0. The highest BCUT2D eigenvalue weighted by Gasteiger charge is 2.54. The van der Waals surface area contributed by atoms with Crippen LogP contribution in [0.2, 0.25) is 5.82 Å². The van der Waals surface area contributed by atoms with Crippen molar-refractivity contribution in [3.8, 4) is 5.75 Å². The lowest BCUT2D eigenvalue weighted by Gasteiger charge is -2.32. The van der Waals surface area contributed by atoms with Gasteiger partial charge in [-0.25, -0.2) is 0 Å². The van der Waals surface area contributed by atoms with E-state index in [2.05, 4.69) is 0 Å². The van der Waals surface area contributed by atoms with Crippen molar-refractivity contribution >= 4 is 18.9 Å². The first kappa shape index (κ1) is 19.7. The number of nitrogens with zero attached hydrogens (tertiary/aromatic N) is 1. The molecule has 1 atom stereocenters. The Morgan fingerprint density at radius 1 is 1.22 bits per heavy atom. The molecule has 2 aliphatic heterocycles. The molecule has 8 heteroatoms. The molecule has 1 aromatic rings. The molecule has 0 bridgehead atoms. The van der Waals surface area contributed by atoms with Crippen LogP contribution in [-0.2, 0) is 14.1 Å². The predicted molar refractivity (Wildman–Crippen MR) is 101 cm³/mol. The molecule has 2 amide bonds. The monoisotopic (exact) mass is 374 g/mol. The summed E-state index contributed by atoms with van der Waals surface area (Å²) < 4.78 is 17.7. The van der Waals surface area contributed by atoms with E-state index in [-0.39, 0.29) is 36.7 Å². The number of carbonyl (C=O) groups excluding carboxylic acids is 2. The Kier molecular flexibility index (Phi) is 5.23. The fourth-order valence-electron chi connectivity index (χ4n) is 3.36. The van der Waals surface area contributed by atoms with E-state index in [1.165, 1.54) is 0 Å². The minimum atomic E-state index is -0.584. The molecule has 2 fully saturated rings. The Hall–Kier alpha value is -2.06. The maximum Gasteiger partial charge on any atom is 0.463 e. The van der Waals surface area contributed by atoms with Crippen molar-refractivity contribution in [2.45, 2.75) is 51.1 Å². The molecule has 2 N–H and O–H groups in total. The van der Waals surface area contributed by atoms with E-state index >= 15 is 0 Å². The number of benzene rings is 1. The summed E-state index contributed by atoms with van der Waals surface area (Å²) in [7, 11) is -0.325. The van der Waals surface area contributed by atoms with E-state index in [1.54, 1.807) is 29.2 Å². The third kappa shape index (κ3) is 3.96. The van der Waals surface area contributed by atoms with Gasteiger partial charge in [-0.2, -0.15) is 0 Å². The molecule has 3 rings (SSSR count). The van der Waals surface area contributed by atoms with E-state index in [4.69, 9.17) is 19.8 Å². The van der Waals surface area contributed by atoms with Crippen molar-refractivity contribution in [1.82, 2.24) is 4.90 Å². The zero-order valence-corrected chi connectivity index (χ0v) is 16.4. The number of carbonyl (C=O) groups is 2. The van der Waals surface area contributed by atoms with Crippen LogP contribution < -0.4 is 10.5 Å². The van der Waals surface area contributed by atoms with Gasteiger partial charge in [0.15, 0.2) is 6.61 Å². The summed E-state index contributed by atoms with van der Waals surface area (Å²) in [4.78, 5) is 25.7. The van der Waals surface area contributed by atoms with Crippen molar-refractivity contribution in [3.05, 3.63) is 29.8 Å². The van der Waals surface area contributed by atoms with Gasteiger partial charge in [0.25, 0.3) is 11.8 Å². The second-order valence-corrected chi connectivity index (χ2v) is 8.18. The molecular formula is C19H27BN2O5. The lowest BCUT2D eigenvalue weighted by atomic mass is 9.71. The van der Waals surface area contributed by atoms with Gasteiger partial charge in [-0.3, -0.25) is 9.59 Å². The van der Waals surface area contributed by atoms with E-state index < -0.39 is 5.91 Å². The van der Waals surface area contributed by atoms with Gasteiger partial charge in [0.05, 0.1) is 16.8 Å². The van der Waals surface area contributed by atoms with Crippen LogP contribution in [-0.4, -0.2) is 54.7 Å². The Morgan fingerprint density at radius 3 is 2.48 bits per heavy atom. The molecule has 2 heterocycles. The van der Waals surface area contributed by atoms with Crippen LogP contribution in [0, 0.1) is 0 Å². The van der Waals surface area contributed by atoms with Crippen LogP contribution in [0.5, 0.6) is 5.75 Å². The minimum absolute atomic E-state index is 0.119. The number of likely N-dealkylation sites (tertiary alicyclic amines) is 1. The fraction of sp³-hybridized carbons (Fsp3) is 0.579. The quantitative estimate of drug-likeness (QED) is 0.795. The maximum absolute atomic E-state index is 13.0. The molecule has 7 nitrogen and oxygen atoms in total. The number of hydrogen-bond acceptors (Lipinski definition) is 5. The summed E-state index contributed by atoms with van der Waals surface area (Å²) in [5.41, 5.74) is 4.79. The average Bonchev–Trinajstić information content (AvgIpc) is 3.15. The summed E-state index contributed by atoms with van der Waals surface area (Å²) >= 11 is 0. The number of amides is 2. The van der Waals surface area contributed by atoms with Crippen LogP contribution >= 0.6 is 0 Å². The lowest BCUT2D eigenvalue weighted by Crippen LogP contribution is -2.41. The fourth-order valence-corrected chi connectivity index (χ4v) is 3.36. The predicted octanol–water partition coefficient (Wildman–Crippen LogP) is 1.86. The van der Waals surface area contributed by atoms with Gasteiger partial charge in [-0.15, -0.1) is 0 Å². The average molecular weight is 374 g/mol. The maximum atomic E-state index is 13.0. The normalized spacial score (nSPS) is 23.5. The largest absolute Gasteiger partial charge is 0.483 e. The van der Waals surface area contributed by atoms with Gasteiger partial charge in [0, 0.05) is 18.9 Å². The van der Waals surface area contributed by atoms with Crippen LogP contribution in [0.4, 0.5) is 0 Å².